The van der Waals surface area contributed by atoms with Gasteiger partial charge in [-0.1, -0.05) is 26.3 Å². The van der Waals surface area contributed by atoms with Gasteiger partial charge in [0.25, 0.3) is 0 Å². The molecule has 4 N–H and O–H groups in total. The van der Waals surface area contributed by atoms with Gasteiger partial charge in [0.2, 0.25) is 15.9 Å². The molecule has 1 aromatic carbocycles. The van der Waals surface area contributed by atoms with E-state index in [1.165, 1.54) is 20.2 Å². The molecule has 9 heteroatoms. The Bertz CT molecular complexity index is 747. The minimum atomic E-state index is -3.63. The van der Waals surface area contributed by atoms with E-state index in [0.29, 0.717) is 17.7 Å². The Kier molecular flexibility index (Phi) is 6.95. The van der Waals surface area contributed by atoms with E-state index >= 15 is 0 Å². The van der Waals surface area contributed by atoms with Crippen molar-refractivity contribution in [2.75, 3.05) is 19.4 Å². The third-order valence-corrected chi connectivity index (χ3v) is 5.96. The van der Waals surface area contributed by atoms with Gasteiger partial charge in [-0.25, -0.2) is 17.5 Å². The first-order chi connectivity index (χ1) is 11.5. The zero-order valence-corrected chi connectivity index (χ0v) is 16.0. The van der Waals surface area contributed by atoms with E-state index in [1.54, 1.807) is 19.1 Å². The van der Waals surface area contributed by atoms with Crippen LogP contribution in [-0.4, -0.2) is 44.8 Å². The number of urea groups is 1. The fourth-order valence-corrected chi connectivity index (χ4v) is 3.37. The zero-order chi connectivity index (χ0) is 19.4. The molecule has 0 aliphatic rings. The standard InChI is InChI=1S/C16H26N4O4S/c1-6-10(2)14(19-16(17)22)15(21)18-12-8-7-11(3)13(9-12)25(23,24)20(4)5/h7-10,14H,6H2,1-5H3,(H,18,21)(H3,17,19,22). The van der Waals surface area contributed by atoms with E-state index in [-0.39, 0.29) is 10.8 Å². The lowest BCUT2D eigenvalue weighted by atomic mass is 9.98. The van der Waals surface area contributed by atoms with Crippen molar-refractivity contribution in [3.05, 3.63) is 23.8 Å². The number of anilines is 1. The molecule has 0 bridgehead atoms. The predicted octanol–water partition coefficient (Wildman–Crippen LogP) is 1.27. The maximum absolute atomic E-state index is 12.5. The number of hydrogen-bond acceptors (Lipinski definition) is 4. The summed E-state index contributed by atoms with van der Waals surface area (Å²) in [6, 6.07) is 3.03. The first-order valence-electron chi connectivity index (χ1n) is 7.90. The highest BCUT2D eigenvalue weighted by atomic mass is 32.2. The summed E-state index contributed by atoms with van der Waals surface area (Å²) < 4.78 is 25.8. The molecule has 2 atom stereocenters. The summed E-state index contributed by atoms with van der Waals surface area (Å²) in [4.78, 5) is 23.7. The van der Waals surface area contributed by atoms with Crippen LogP contribution in [0.2, 0.25) is 0 Å². The van der Waals surface area contributed by atoms with Crippen LogP contribution in [0.3, 0.4) is 0 Å². The topological polar surface area (TPSA) is 122 Å². The molecule has 8 nitrogen and oxygen atoms in total. The van der Waals surface area contributed by atoms with Crippen LogP contribution in [0.15, 0.2) is 23.1 Å². The average molecular weight is 370 g/mol. The van der Waals surface area contributed by atoms with Gasteiger partial charge in [0.05, 0.1) is 4.90 Å². The minimum absolute atomic E-state index is 0.109. The summed E-state index contributed by atoms with van der Waals surface area (Å²) in [5.74, 6) is -0.590. The van der Waals surface area contributed by atoms with E-state index in [2.05, 4.69) is 10.6 Å². The van der Waals surface area contributed by atoms with Crippen molar-refractivity contribution < 1.29 is 18.0 Å². The molecule has 140 valence electrons. The predicted molar refractivity (Wildman–Crippen MR) is 96.6 cm³/mol. The lowest BCUT2D eigenvalue weighted by Crippen LogP contribution is -2.49. The van der Waals surface area contributed by atoms with E-state index < -0.39 is 28.0 Å². The monoisotopic (exact) mass is 370 g/mol. The van der Waals surface area contributed by atoms with Crippen molar-refractivity contribution in [3.63, 3.8) is 0 Å². The van der Waals surface area contributed by atoms with Gasteiger partial charge >= 0.3 is 6.03 Å². The molecule has 0 fully saturated rings. The number of sulfonamides is 1. The Balaban J connectivity index is 3.14. The largest absolute Gasteiger partial charge is 0.352 e. The van der Waals surface area contributed by atoms with E-state index in [9.17, 15) is 18.0 Å². The Hall–Kier alpha value is -2.13. The lowest BCUT2D eigenvalue weighted by Gasteiger charge is -2.23. The fourth-order valence-electron chi connectivity index (χ4n) is 2.23. The number of aryl methyl sites for hydroxylation is 1. The molecule has 1 rings (SSSR count). The molecule has 25 heavy (non-hydrogen) atoms. The third-order valence-electron chi connectivity index (χ3n) is 4.01. The summed E-state index contributed by atoms with van der Waals surface area (Å²) in [6.07, 6.45) is 0.659. The number of amides is 3. The Morgan fingerprint density at radius 3 is 2.36 bits per heavy atom. The van der Waals surface area contributed by atoms with Crippen molar-refractivity contribution in [3.8, 4) is 0 Å². The molecule has 0 radical (unpaired) electrons. The second-order valence-corrected chi connectivity index (χ2v) is 8.25. The molecule has 0 spiro atoms. The molecule has 1 aromatic rings. The first kappa shape index (κ1) is 20.9. The molecule has 0 heterocycles. The van der Waals surface area contributed by atoms with Gasteiger partial charge in [-0.3, -0.25) is 4.79 Å². The van der Waals surface area contributed by atoms with Gasteiger partial charge in [-0.05, 0) is 30.5 Å². The van der Waals surface area contributed by atoms with Crippen LogP contribution < -0.4 is 16.4 Å². The number of benzene rings is 1. The van der Waals surface area contributed by atoms with Crippen LogP contribution >= 0.6 is 0 Å². The second-order valence-electron chi connectivity index (χ2n) is 6.13. The molecule has 0 saturated carbocycles. The summed E-state index contributed by atoms with van der Waals surface area (Å²) in [7, 11) is -0.753. The van der Waals surface area contributed by atoms with Gasteiger partial charge in [-0.15, -0.1) is 0 Å². The van der Waals surface area contributed by atoms with Crippen LogP contribution in [0, 0.1) is 12.8 Å². The van der Waals surface area contributed by atoms with Crippen LogP contribution in [0.5, 0.6) is 0 Å². The quantitative estimate of drug-likeness (QED) is 0.669. The minimum Gasteiger partial charge on any atom is -0.352 e. The SMILES string of the molecule is CCC(C)C(NC(N)=O)C(=O)Nc1ccc(C)c(S(=O)(=O)N(C)C)c1. The summed E-state index contributed by atoms with van der Waals surface area (Å²) in [5.41, 5.74) is 6.04. The number of nitrogens with one attached hydrogen (secondary N) is 2. The molecule has 0 aliphatic heterocycles. The number of carbonyl (C=O) groups is 2. The molecule has 3 amide bonds. The highest BCUT2D eigenvalue weighted by Crippen LogP contribution is 2.23. The second kappa shape index (κ2) is 8.30. The number of hydrogen-bond donors (Lipinski definition) is 3. The van der Waals surface area contributed by atoms with Crippen molar-refractivity contribution in [2.45, 2.75) is 38.1 Å². The number of primary amides is 1. The van der Waals surface area contributed by atoms with Crippen LogP contribution in [0.4, 0.5) is 10.5 Å². The number of carbonyl (C=O) groups excluding carboxylic acids is 2. The summed E-state index contributed by atoms with van der Waals surface area (Å²) >= 11 is 0. The van der Waals surface area contributed by atoms with Crippen LogP contribution in [0.25, 0.3) is 0 Å². The molecular weight excluding hydrogens is 344 g/mol. The van der Waals surface area contributed by atoms with Gasteiger partial charge in [-0.2, -0.15) is 0 Å². The highest BCUT2D eigenvalue weighted by molar-refractivity contribution is 7.89. The maximum atomic E-state index is 12.5. The van der Waals surface area contributed by atoms with Crippen LogP contribution in [-0.2, 0) is 14.8 Å². The van der Waals surface area contributed by atoms with Crippen molar-refractivity contribution in [1.29, 1.82) is 0 Å². The van der Waals surface area contributed by atoms with E-state index in [0.717, 1.165) is 4.31 Å². The first-order valence-corrected chi connectivity index (χ1v) is 9.34. The van der Waals surface area contributed by atoms with Crippen molar-refractivity contribution in [2.24, 2.45) is 11.7 Å². The maximum Gasteiger partial charge on any atom is 0.312 e. The van der Waals surface area contributed by atoms with Crippen LogP contribution in [0.1, 0.15) is 25.8 Å². The van der Waals surface area contributed by atoms with Gasteiger partial charge in [0.1, 0.15) is 6.04 Å². The van der Waals surface area contributed by atoms with Gasteiger partial charge in [0, 0.05) is 19.8 Å². The van der Waals surface area contributed by atoms with E-state index in [1.807, 2.05) is 13.8 Å². The molecule has 0 saturated heterocycles. The zero-order valence-electron chi connectivity index (χ0n) is 15.2. The smallest absolute Gasteiger partial charge is 0.312 e. The number of nitrogens with two attached hydrogens (primary N) is 1. The van der Waals surface area contributed by atoms with E-state index in [4.69, 9.17) is 5.73 Å². The molecular formula is C16H26N4O4S. The summed E-state index contributed by atoms with van der Waals surface area (Å²) in [5, 5.41) is 5.07. The van der Waals surface area contributed by atoms with Crippen molar-refractivity contribution in [1.82, 2.24) is 9.62 Å². The molecule has 2 unspecified atom stereocenters. The summed E-state index contributed by atoms with van der Waals surface area (Å²) in [6.45, 7) is 5.39. The highest BCUT2D eigenvalue weighted by Gasteiger charge is 2.26. The van der Waals surface area contributed by atoms with Gasteiger partial charge < -0.3 is 16.4 Å². The molecule has 0 aliphatic carbocycles. The lowest BCUT2D eigenvalue weighted by molar-refractivity contribution is -0.119. The average Bonchev–Trinajstić information content (AvgIpc) is 2.53. The van der Waals surface area contributed by atoms with Gasteiger partial charge in [0.15, 0.2) is 0 Å². The third kappa shape index (κ3) is 5.17. The number of nitrogens with zero attached hydrogens (tertiary/aromatic N) is 1. The Morgan fingerprint density at radius 2 is 1.88 bits per heavy atom. The molecule has 0 aromatic heterocycles. The van der Waals surface area contributed by atoms with Crippen molar-refractivity contribution >= 4 is 27.6 Å². The normalized spacial score (nSPS) is 14.0. The Labute approximate surface area is 148 Å². The fraction of sp³-hybridized carbons (Fsp3) is 0.500. The Morgan fingerprint density at radius 1 is 1.28 bits per heavy atom. The number of rotatable bonds is 7.